The predicted molar refractivity (Wildman–Crippen MR) is 82.5 cm³/mol. The van der Waals surface area contributed by atoms with Crippen LogP contribution in [0.15, 0.2) is 42.6 Å². The third kappa shape index (κ3) is 2.44. The lowest BCUT2D eigenvalue weighted by atomic mass is 10.0. The topological polar surface area (TPSA) is 47.8 Å². The summed E-state index contributed by atoms with van der Waals surface area (Å²) in [5.41, 5.74) is 3.17. The number of pyridine rings is 1. The lowest BCUT2D eigenvalue weighted by molar-refractivity contribution is 0.102. The number of nitrogens with zero attached hydrogens (tertiary/aromatic N) is 3. The molecule has 3 rings (SSSR count). The maximum Gasteiger partial charge on any atom is 0.211 e. The van der Waals surface area contributed by atoms with E-state index in [4.69, 9.17) is 0 Å². The molecule has 0 radical (unpaired) electrons. The Kier molecular flexibility index (Phi) is 3.52. The van der Waals surface area contributed by atoms with Crippen molar-refractivity contribution >= 4 is 16.7 Å². The van der Waals surface area contributed by atoms with Crippen molar-refractivity contribution in [2.75, 3.05) is 0 Å². The first-order valence-electron chi connectivity index (χ1n) is 7.19. The van der Waals surface area contributed by atoms with Crippen LogP contribution in [-0.4, -0.2) is 20.5 Å². The van der Waals surface area contributed by atoms with Crippen molar-refractivity contribution in [3.05, 3.63) is 59.5 Å². The minimum Gasteiger partial charge on any atom is -0.287 e. The number of hydrogen-bond donors (Lipinski definition) is 0. The number of aryl methyl sites for hydroxylation is 2. The molecule has 21 heavy (non-hydrogen) atoms. The summed E-state index contributed by atoms with van der Waals surface area (Å²) in [5, 5.41) is 5.41. The van der Waals surface area contributed by atoms with Gasteiger partial charge in [0.15, 0.2) is 0 Å². The SMILES string of the molecule is CCc1cc(C(=O)c2ccc3ncccc3c2)n(CC)n1. The molecule has 106 valence electrons. The average molecular weight is 279 g/mol. The molecular weight excluding hydrogens is 262 g/mol. The smallest absolute Gasteiger partial charge is 0.211 e. The molecule has 0 atom stereocenters. The zero-order valence-electron chi connectivity index (χ0n) is 12.2. The van der Waals surface area contributed by atoms with Crippen LogP contribution < -0.4 is 0 Å². The normalized spacial score (nSPS) is 11.0. The summed E-state index contributed by atoms with van der Waals surface area (Å²) in [4.78, 5) is 17.0. The Bertz CT molecular complexity index is 805. The quantitative estimate of drug-likeness (QED) is 0.689. The van der Waals surface area contributed by atoms with E-state index < -0.39 is 0 Å². The first kappa shape index (κ1) is 13.5. The monoisotopic (exact) mass is 279 g/mol. The van der Waals surface area contributed by atoms with Gasteiger partial charge in [0.1, 0.15) is 5.69 Å². The third-order valence-electron chi connectivity index (χ3n) is 3.59. The van der Waals surface area contributed by atoms with Gasteiger partial charge in [0.2, 0.25) is 5.78 Å². The molecule has 2 aromatic heterocycles. The molecular formula is C17H17N3O. The van der Waals surface area contributed by atoms with Gasteiger partial charge >= 0.3 is 0 Å². The van der Waals surface area contributed by atoms with E-state index >= 15 is 0 Å². The Morgan fingerprint density at radius 3 is 2.81 bits per heavy atom. The maximum atomic E-state index is 12.7. The second-order valence-corrected chi connectivity index (χ2v) is 4.93. The zero-order valence-corrected chi connectivity index (χ0v) is 12.2. The molecule has 0 unspecified atom stereocenters. The van der Waals surface area contributed by atoms with Crippen LogP contribution in [0, 0.1) is 0 Å². The second-order valence-electron chi connectivity index (χ2n) is 4.93. The molecule has 0 bridgehead atoms. The number of rotatable bonds is 4. The standard InChI is InChI=1S/C17H17N3O/c1-3-14-11-16(20(4-2)19-14)17(21)13-7-8-15-12(10-13)6-5-9-18-15/h5-11H,3-4H2,1-2H3. The molecule has 1 aromatic carbocycles. The van der Waals surface area contributed by atoms with Gasteiger partial charge in [-0.3, -0.25) is 14.5 Å². The molecule has 0 saturated carbocycles. The van der Waals surface area contributed by atoms with Crippen LogP contribution in [0.5, 0.6) is 0 Å². The summed E-state index contributed by atoms with van der Waals surface area (Å²) in [7, 11) is 0. The lowest BCUT2D eigenvalue weighted by Crippen LogP contribution is -2.10. The fourth-order valence-electron chi connectivity index (χ4n) is 2.43. The van der Waals surface area contributed by atoms with Crippen LogP contribution >= 0.6 is 0 Å². The number of carbonyl (C=O) groups excluding carboxylic acids is 1. The van der Waals surface area contributed by atoms with Crippen LogP contribution in [0.1, 0.15) is 35.6 Å². The van der Waals surface area contributed by atoms with E-state index in [0.29, 0.717) is 17.8 Å². The summed E-state index contributed by atoms with van der Waals surface area (Å²) in [6.45, 7) is 4.72. The number of aromatic nitrogens is 3. The van der Waals surface area contributed by atoms with Gasteiger partial charge in [0.25, 0.3) is 0 Å². The number of ketones is 1. The second kappa shape index (κ2) is 5.48. The molecule has 0 fully saturated rings. The van der Waals surface area contributed by atoms with E-state index in [1.165, 1.54) is 0 Å². The molecule has 4 heteroatoms. The van der Waals surface area contributed by atoms with Crippen molar-refractivity contribution in [3.63, 3.8) is 0 Å². The first-order valence-corrected chi connectivity index (χ1v) is 7.19. The van der Waals surface area contributed by atoms with Crippen LogP contribution in [0.25, 0.3) is 10.9 Å². The van der Waals surface area contributed by atoms with E-state index in [1.807, 2.05) is 50.2 Å². The zero-order chi connectivity index (χ0) is 14.8. The average Bonchev–Trinajstić information content (AvgIpc) is 2.97. The van der Waals surface area contributed by atoms with Gasteiger partial charge < -0.3 is 0 Å². The number of carbonyl (C=O) groups is 1. The first-order chi connectivity index (χ1) is 10.2. The summed E-state index contributed by atoms with van der Waals surface area (Å²) in [6.07, 6.45) is 2.58. The molecule has 0 aliphatic rings. The van der Waals surface area contributed by atoms with Crippen LogP contribution in [0.4, 0.5) is 0 Å². The fourth-order valence-corrected chi connectivity index (χ4v) is 2.43. The van der Waals surface area contributed by atoms with Gasteiger partial charge in [-0.1, -0.05) is 13.0 Å². The van der Waals surface area contributed by atoms with Crippen molar-refractivity contribution in [2.24, 2.45) is 0 Å². The van der Waals surface area contributed by atoms with Gasteiger partial charge in [-0.15, -0.1) is 0 Å². The van der Waals surface area contributed by atoms with Crippen LogP contribution in [-0.2, 0) is 13.0 Å². The Labute approximate surface area is 123 Å². The van der Waals surface area contributed by atoms with E-state index in [9.17, 15) is 4.79 Å². The largest absolute Gasteiger partial charge is 0.287 e. The Hall–Kier alpha value is -2.49. The number of hydrogen-bond acceptors (Lipinski definition) is 3. The Morgan fingerprint density at radius 2 is 2.05 bits per heavy atom. The molecule has 0 amide bonds. The van der Waals surface area contributed by atoms with Crippen LogP contribution in [0.3, 0.4) is 0 Å². The molecule has 4 nitrogen and oxygen atoms in total. The van der Waals surface area contributed by atoms with Crippen molar-refractivity contribution < 1.29 is 4.79 Å². The van der Waals surface area contributed by atoms with Gasteiger partial charge in [0.05, 0.1) is 11.2 Å². The number of fused-ring (bicyclic) bond motifs is 1. The summed E-state index contributed by atoms with van der Waals surface area (Å²) < 4.78 is 1.77. The van der Waals surface area contributed by atoms with E-state index in [0.717, 1.165) is 23.0 Å². The summed E-state index contributed by atoms with van der Waals surface area (Å²) in [6, 6.07) is 11.3. The van der Waals surface area contributed by atoms with Gasteiger partial charge in [-0.25, -0.2) is 0 Å². The third-order valence-corrected chi connectivity index (χ3v) is 3.59. The molecule has 3 aromatic rings. The van der Waals surface area contributed by atoms with Crippen molar-refractivity contribution in [1.82, 2.24) is 14.8 Å². The molecule has 0 N–H and O–H groups in total. The Morgan fingerprint density at radius 1 is 1.19 bits per heavy atom. The molecule has 2 heterocycles. The van der Waals surface area contributed by atoms with E-state index in [2.05, 4.69) is 10.1 Å². The maximum absolute atomic E-state index is 12.7. The van der Waals surface area contributed by atoms with Gasteiger partial charge in [-0.2, -0.15) is 5.10 Å². The van der Waals surface area contributed by atoms with Gasteiger partial charge in [0, 0.05) is 23.7 Å². The van der Waals surface area contributed by atoms with E-state index in [-0.39, 0.29) is 5.78 Å². The van der Waals surface area contributed by atoms with Crippen molar-refractivity contribution in [3.8, 4) is 0 Å². The van der Waals surface area contributed by atoms with Crippen LogP contribution in [0.2, 0.25) is 0 Å². The Balaban J connectivity index is 2.05. The minimum atomic E-state index is 0.00908. The fraction of sp³-hybridized carbons (Fsp3) is 0.235. The summed E-state index contributed by atoms with van der Waals surface area (Å²) >= 11 is 0. The van der Waals surface area contributed by atoms with Gasteiger partial charge in [-0.05, 0) is 43.7 Å². The predicted octanol–water partition coefficient (Wildman–Crippen LogP) is 3.24. The lowest BCUT2D eigenvalue weighted by Gasteiger charge is -2.05. The molecule has 0 spiro atoms. The highest BCUT2D eigenvalue weighted by molar-refractivity contribution is 6.09. The number of benzene rings is 1. The molecule has 0 aliphatic carbocycles. The van der Waals surface area contributed by atoms with Crippen molar-refractivity contribution in [1.29, 1.82) is 0 Å². The summed E-state index contributed by atoms with van der Waals surface area (Å²) in [5.74, 6) is 0.00908. The highest BCUT2D eigenvalue weighted by Crippen LogP contribution is 2.17. The van der Waals surface area contributed by atoms with Crippen molar-refractivity contribution in [2.45, 2.75) is 26.8 Å². The molecule has 0 saturated heterocycles. The molecule has 0 aliphatic heterocycles. The van der Waals surface area contributed by atoms with E-state index in [1.54, 1.807) is 10.9 Å². The highest BCUT2D eigenvalue weighted by Gasteiger charge is 2.16. The highest BCUT2D eigenvalue weighted by atomic mass is 16.1. The minimum absolute atomic E-state index is 0.00908.